The summed E-state index contributed by atoms with van der Waals surface area (Å²) in [5.74, 6) is 5.91. The van der Waals surface area contributed by atoms with Crippen LogP contribution in [-0.2, 0) is 4.74 Å². The highest BCUT2D eigenvalue weighted by molar-refractivity contribution is 5.23. The molecule has 0 aromatic carbocycles. The molecule has 1 aliphatic rings. The summed E-state index contributed by atoms with van der Waals surface area (Å²) in [6.07, 6.45) is 8.13. The lowest BCUT2D eigenvalue weighted by Crippen LogP contribution is -2.51. The van der Waals surface area contributed by atoms with Crippen molar-refractivity contribution in [2.24, 2.45) is 11.3 Å². The molecule has 0 aliphatic heterocycles. The second-order valence-corrected chi connectivity index (χ2v) is 7.06. The summed E-state index contributed by atoms with van der Waals surface area (Å²) < 4.78 is 6.24. The number of ether oxygens (including phenoxy) is 1. The smallest absolute Gasteiger partial charge is 0.0890 e. The van der Waals surface area contributed by atoms with E-state index < -0.39 is 0 Å². The highest BCUT2D eigenvalue weighted by Crippen LogP contribution is 2.47. The molecule has 0 amide bonds. The second kappa shape index (κ2) is 6.42. The van der Waals surface area contributed by atoms with Crippen LogP contribution in [0.15, 0.2) is 18.5 Å². The van der Waals surface area contributed by atoms with Crippen molar-refractivity contribution in [2.75, 3.05) is 6.61 Å². The first kappa shape index (κ1) is 16.4. The summed E-state index contributed by atoms with van der Waals surface area (Å²) in [5.41, 5.74) is 5.43. The van der Waals surface area contributed by atoms with Gasteiger partial charge in [0, 0.05) is 19.0 Å². The molecule has 1 saturated carbocycles. The maximum absolute atomic E-state index is 6.24. The predicted molar refractivity (Wildman–Crippen MR) is 85.6 cm³/mol. The number of nitrogens with zero attached hydrogens (tertiary/aromatic N) is 1. The summed E-state index contributed by atoms with van der Waals surface area (Å²) in [4.78, 5) is 4.32. The van der Waals surface area contributed by atoms with Crippen molar-refractivity contribution in [2.45, 2.75) is 65.0 Å². The van der Waals surface area contributed by atoms with Gasteiger partial charge < -0.3 is 4.74 Å². The van der Waals surface area contributed by atoms with E-state index in [-0.39, 0.29) is 11.6 Å². The van der Waals surface area contributed by atoms with Crippen LogP contribution in [0, 0.1) is 12.3 Å². The fraction of sp³-hybridized carbons (Fsp3) is 0.706. The summed E-state index contributed by atoms with van der Waals surface area (Å²) >= 11 is 0. The molecule has 1 aliphatic carbocycles. The van der Waals surface area contributed by atoms with Gasteiger partial charge in [0.2, 0.25) is 0 Å². The summed E-state index contributed by atoms with van der Waals surface area (Å²) in [6, 6.07) is 2.14. The van der Waals surface area contributed by atoms with Gasteiger partial charge in [0.15, 0.2) is 0 Å². The molecule has 3 N–H and O–H groups in total. The van der Waals surface area contributed by atoms with Gasteiger partial charge in [-0.25, -0.2) is 0 Å². The molecule has 2 rings (SSSR count). The van der Waals surface area contributed by atoms with Crippen LogP contribution in [-0.4, -0.2) is 17.2 Å². The molecule has 1 aromatic rings. The van der Waals surface area contributed by atoms with E-state index in [1.807, 2.05) is 12.4 Å². The molecule has 1 aromatic heterocycles. The number of aryl methyl sites for hydroxylation is 1. The summed E-state index contributed by atoms with van der Waals surface area (Å²) in [6.45, 7) is 9.49. The van der Waals surface area contributed by atoms with Crippen molar-refractivity contribution in [1.29, 1.82) is 0 Å². The molecule has 0 radical (unpaired) electrons. The number of hydrogen-bond donors (Lipinski definition) is 2. The Morgan fingerprint density at radius 1 is 1.29 bits per heavy atom. The van der Waals surface area contributed by atoms with E-state index in [1.54, 1.807) is 0 Å². The minimum atomic E-state index is -0.228. The fourth-order valence-electron chi connectivity index (χ4n) is 3.44. The molecule has 1 atom stereocenters. The van der Waals surface area contributed by atoms with Gasteiger partial charge in [-0.15, -0.1) is 0 Å². The molecule has 0 bridgehead atoms. The standard InChI is InChI=1S/C17H29N3O/c1-5-21-17(8-6-16(3,4)7-9-17)15(20-18)14-10-13(2)11-19-12-14/h10-12,15,20H,5-9,18H2,1-4H3. The first-order chi connectivity index (χ1) is 9.92. The molecular weight excluding hydrogens is 262 g/mol. The van der Waals surface area contributed by atoms with E-state index in [1.165, 1.54) is 0 Å². The Morgan fingerprint density at radius 2 is 1.95 bits per heavy atom. The van der Waals surface area contributed by atoms with Crippen molar-refractivity contribution >= 4 is 0 Å². The van der Waals surface area contributed by atoms with Crippen molar-refractivity contribution in [3.05, 3.63) is 29.6 Å². The zero-order valence-corrected chi connectivity index (χ0v) is 13.8. The number of nitrogens with two attached hydrogens (primary N) is 1. The predicted octanol–water partition coefficient (Wildman–Crippen LogP) is 3.27. The van der Waals surface area contributed by atoms with Gasteiger partial charge in [0.1, 0.15) is 0 Å². The first-order valence-electron chi connectivity index (χ1n) is 7.94. The van der Waals surface area contributed by atoms with E-state index in [4.69, 9.17) is 10.6 Å². The Hall–Kier alpha value is -0.970. The van der Waals surface area contributed by atoms with Crippen molar-refractivity contribution < 1.29 is 4.74 Å². The first-order valence-corrected chi connectivity index (χ1v) is 7.94. The zero-order valence-electron chi connectivity index (χ0n) is 13.8. The lowest BCUT2D eigenvalue weighted by molar-refractivity contribution is -0.108. The van der Waals surface area contributed by atoms with Crippen LogP contribution in [0.5, 0.6) is 0 Å². The third-order valence-electron chi connectivity index (χ3n) is 4.80. The van der Waals surface area contributed by atoms with E-state index in [0.717, 1.165) is 36.8 Å². The SMILES string of the molecule is CCOC1(C(NN)c2cncc(C)c2)CCC(C)(C)CC1. The average Bonchev–Trinajstić information content (AvgIpc) is 2.43. The molecule has 118 valence electrons. The minimum absolute atomic E-state index is 0.0130. The molecule has 0 saturated heterocycles. The van der Waals surface area contributed by atoms with Crippen LogP contribution < -0.4 is 11.3 Å². The Kier molecular flexibility index (Phi) is 5.02. The largest absolute Gasteiger partial charge is 0.373 e. The Morgan fingerprint density at radius 3 is 2.48 bits per heavy atom. The maximum Gasteiger partial charge on any atom is 0.0890 e. The van der Waals surface area contributed by atoms with E-state index in [9.17, 15) is 0 Å². The van der Waals surface area contributed by atoms with Gasteiger partial charge in [-0.2, -0.15) is 0 Å². The Balaban J connectivity index is 2.31. The van der Waals surface area contributed by atoms with E-state index in [2.05, 4.69) is 44.2 Å². The maximum atomic E-state index is 6.24. The highest BCUT2D eigenvalue weighted by Gasteiger charge is 2.45. The second-order valence-electron chi connectivity index (χ2n) is 7.06. The summed E-state index contributed by atoms with van der Waals surface area (Å²) in [7, 11) is 0. The number of aromatic nitrogens is 1. The van der Waals surface area contributed by atoms with Gasteiger partial charge in [0.05, 0.1) is 11.6 Å². The number of nitrogens with one attached hydrogen (secondary N) is 1. The van der Waals surface area contributed by atoms with Gasteiger partial charge in [-0.3, -0.25) is 16.3 Å². The average molecular weight is 291 g/mol. The number of pyridine rings is 1. The normalized spacial score (nSPS) is 22.0. The fourth-order valence-corrected chi connectivity index (χ4v) is 3.44. The van der Waals surface area contributed by atoms with Crippen LogP contribution in [0.2, 0.25) is 0 Å². The van der Waals surface area contributed by atoms with Crippen LogP contribution in [0.4, 0.5) is 0 Å². The van der Waals surface area contributed by atoms with Gasteiger partial charge >= 0.3 is 0 Å². The number of rotatable bonds is 5. The summed E-state index contributed by atoms with van der Waals surface area (Å²) in [5, 5.41) is 0. The van der Waals surface area contributed by atoms with E-state index in [0.29, 0.717) is 12.0 Å². The molecule has 1 fully saturated rings. The number of hydrogen-bond acceptors (Lipinski definition) is 4. The molecule has 1 unspecified atom stereocenters. The van der Waals surface area contributed by atoms with Crippen LogP contribution >= 0.6 is 0 Å². The molecule has 4 nitrogen and oxygen atoms in total. The van der Waals surface area contributed by atoms with E-state index >= 15 is 0 Å². The lowest BCUT2D eigenvalue weighted by Gasteiger charge is -2.47. The topological polar surface area (TPSA) is 60.2 Å². The van der Waals surface area contributed by atoms with Crippen molar-refractivity contribution in [1.82, 2.24) is 10.4 Å². The van der Waals surface area contributed by atoms with Gasteiger partial charge in [-0.1, -0.05) is 19.9 Å². The monoisotopic (exact) mass is 291 g/mol. The van der Waals surface area contributed by atoms with Crippen molar-refractivity contribution in [3.8, 4) is 0 Å². The quantitative estimate of drug-likeness (QED) is 0.645. The van der Waals surface area contributed by atoms with Gasteiger partial charge in [0.25, 0.3) is 0 Å². The van der Waals surface area contributed by atoms with Crippen LogP contribution in [0.25, 0.3) is 0 Å². The minimum Gasteiger partial charge on any atom is -0.373 e. The Labute approximate surface area is 128 Å². The van der Waals surface area contributed by atoms with Crippen molar-refractivity contribution in [3.63, 3.8) is 0 Å². The van der Waals surface area contributed by atoms with Gasteiger partial charge in [-0.05, 0) is 56.1 Å². The third-order valence-corrected chi connectivity index (χ3v) is 4.80. The molecule has 1 heterocycles. The highest BCUT2D eigenvalue weighted by atomic mass is 16.5. The lowest BCUT2D eigenvalue weighted by atomic mass is 9.67. The molecular formula is C17H29N3O. The number of hydrazine groups is 1. The van der Waals surface area contributed by atoms with Crippen LogP contribution in [0.1, 0.15) is 63.6 Å². The molecule has 4 heteroatoms. The molecule has 0 spiro atoms. The zero-order chi connectivity index (χ0) is 15.5. The van der Waals surface area contributed by atoms with Crippen LogP contribution in [0.3, 0.4) is 0 Å². The molecule has 21 heavy (non-hydrogen) atoms. The Bertz CT molecular complexity index is 463. The third kappa shape index (κ3) is 3.62.